The summed E-state index contributed by atoms with van der Waals surface area (Å²) in [6.07, 6.45) is 1.11. The molecule has 1 rings (SSSR count). The second-order valence-electron chi connectivity index (χ2n) is 3.40. The summed E-state index contributed by atoms with van der Waals surface area (Å²) in [5.41, 5.74) is 0.424. The third-order valence-electron chi connectivity index (χ3n) is 2.20. The maximum atomic E-state index is 11.6. The van der Waals surface area contributed by atoms with Crippen molar-refractivity contribution in [2.24, 2.45) is 5.90 Å². The zero-order valence-electron chi connectivity index (χ0n) is 9.89. The summed E-state index contributed by atoms with van der Waals surface area (Å²) in [5.74, 6) is 5.73. The summed E-state index contributed by atoms with van der Waals surface area (Å²) in [4.78, 5) is 4.59. The molecule has 0 aliphatic heterocycles. The van der Waals surface area contributed by atoms with Crippen molar-refractivity contribution in [3.63, 3.8) is 0 Å². The predicted molar refractivity (Wildman–Crippen MR) is 61.6 cm³/mol. The largest absolute Gasteiger partial charge is 0.493 e. The van der Waals surface area contributed by atoms with Gasteiger partial charge in [-0.1, -0.05) is 0 Å². The summed E-state index contributed by atoms with van der Waals surface area (Å²) >= 11 is 0. The van der Waals surface area contributed by atoms with Gasteiger partial charge in [-0.25, -0.2) is 14.3 Å². The first-order chi connectivity index (χ1) is 7.93. The van der Waals surface area contributed by atoms with Crippen LogP contribution in [0, 0.1) is 0 Å². The van der Waals surface area contributed by atoms with Crippen molar-refractivity contribution in [3.05, 3.63) is 17.7 Å². The topological polar surface area (TPSA) is 87.9 Å². The molecule has 2 N–H and O–H groups in total. The van der Waals surface area contributed by atoms with Crippen LogP contribution in [0.15, 0.2) is 17.0 Å². The highest BCUT2D eigenvalue weighted by atomic mass is 32.2. The molecule has 96 valence electrons. The molecule has 0 spiro atoms. The van der Waals surface area contributed by atoms with Gasteiger partial charge in [0.15, 0.2) is 21.3 Å². The van der Waals surface area contributed by atoms with Crippen LogP contribution in [0.3, 0.4) is 0 Å². The van der Waals surface area contributed by atoms with Gasteiger partial charge in [-0.05, 0) is 6.07 Å². The number of rotatable bonds is 5. The lowest BCUT2D eigenvalue weighted by molar-refractivity contribution is 0.122. The average molecular weight is 261 g/mol. The second-order valence-corrected chi connectivity index (χ2v) is 5.38. The minimum absolute atomic E-state index is 0.0250. The quantitative estimate of drug-likeness (QED) is 0.776. The van der Waals surface area contributed by atoms with E-state index in [0.717, 1.165) is 6.26 Å². The minimum atomic E-state index is -3.38. The van der Waals surface area contributed by atoms with Gasteiger partial charge in [-0.3, -0.25) is 4.84 Å². The van der Waals surface area contributed by atoms with Gasteiger partial charge in [-0.15, -0.1) is 0 Å². The fourth-order valence-corrected chi connectivity index (χ4v) is 2.37. The molecule has 0 fully saturated rings. The van der Waals surface area contributed by atoms with Gasteiger partial charge in [0.25, 0.3) is 0 Å². The first-order valence-corrected chi connectivity index (χ1v) is 6.59. The van der Waals surface area contributed by atoms with Crippen LogP contribution in [0.4, 0.5) is 0 Å². The van der Waals surface area contributed by atoms with E-state index in [9.17, 15) is 8.42 Å². The SMILES string of the molecule is COc1cc(CON)c(S(C)(=O)=O)cc1OC. The Balaban J connectivity index is 3.46. The van der Waals surface area contributed by atoms with E-state index >= 15 is 0 Å². The molecule has 17 heavy (non-hydrogen) atoms. The Hall–Kier alpha value is -1.31. The molecular formula is C10H15NO5S. The molecule has 0 saturated heterocycles. The first-order valence-electron chi connectivity index (χ1n) is 4.70. The van der Waals surface area contributed by atoms with Gasteiger partial charge < -0.3 is 9.47 Å². The van der Waals surface area contributed by atoms with Gasteiger partial charge in [-0.2, -0.15) is 0 Å². The van der Waals surface area contributed by atoms with Gasteiger partial charge in [0.1, 0.15) is 0 Å². The van der Waals surface area contributed by atoms with E-state index in [1.807, 2.05) is 0 Å². The summed E-state index contributed by atoms with van der Waals surface area (Å²) in [6.45, 7) is -0.0250. The zero-order valence-corrected chi connectivity index (χ0v) is 10.7. The summed E-state index contributed by atoms with van der Waals surface area (Å²) in [6, 6.07) is 2.92. The Morgan fingerprint density at radius 3 is 2.12 bits per heavy atom. The predicted octanol–water partition coefficient (Wildman–Crippen LogP) is 0.498. The lowest BCUT2D eigenvalue weighted by atomic mass is 10.2. The van der Waals surface area contributed by atoms with Crippen LogP contribution >= 0.6 is 0 Å². The lowest BCUT2D eigenvalue weighted by Crippen LogP contribution is -2.07. The number of sulfone groups is 1. The molecule has 0 aliphatic carbocycles. The van der Waals surface area contributed by atoms with E-state index in [1.54, 1.807) is 0 Å². The van der Waals surface area contributed by atoms with Crippen LogP contribution in [-0.4, -0.2) is 28.9 Å². The Labute approximate surface area is 100 Å². The summed E-state index contributed by atoms with van der Waals surface area (Å²) in [7, 11) is -0.487. The fourth-order valence-electron chi connectivity index (χ4n) is 1.45. The van der Waals surface area contributed by atoms with Crippen LogP contribution in [-0.2, 0) is 21.3 Å². The minimum Gasteiger partial charge on any atom is -0.493 e. The van der Waals surface area contributed by atoms with Gasteiger partial charge in [0, 0.05) is 17.9 Å². The van der Waals surface area contributed by atoms with Gasteiger partial charge in [0.05, 0.1) is 25.7 Å². The number of nitrogens with two attached hydrogens (primary N) is 1. The molecule has 1 aromatic carbocycles. The first kappa shape index (κ1) is 13.8. The Bertz CT molecular complexity index is 498. The highest BCUT2D eigenvalue weighted by molar-refractivity contribution is 7.90. The lowest BCUT2D eigenvalue weighted by Gasteiger charge is -2.13. The maximum Gasteiger partial charge on any atom is 0.176 e. The molecule has 6 nitrogen and oxygen atoms in total. The number of hydrogen-bond acceptors (Lipinski definition) is 6. The highest BCUT2D eigenvalue weighted by Gasteiger charge is 2.18. The molecule has 0 radical (unpaired) electrons. The highest BCUT2D eigenvalue weighted by Crippen LogP contribution is 2.32. The Kier molecular flexibility index (Phi) is 4.33. The van der Waals surface area contributed by atoms with E-state index in [2.05, 4.69) is 4.84 Å². The van der Waals surface area contributed by atoms with Crippen LogP contribution in [0.5, 0.6) is 11.5 Å². The fraction of sp³-hybridized carbons (Fsp3) is 0.400. The normalized spacial score (nSPS) is 11.3. The molecule has 0 saturated carbocycles. The third-order valence-corrected chi connectivity index (χ3v) is 3.38. The molecule has 1 aromatic rings. The van der Waals surface area contributed by atoms with Crippen molar-refractivity contribution in [2.45, 2.75) is 11.5 Å². The third kappa shape index (κ3) is 3.09. The van der Waals surface area contributed by atoms with Crippen LogP contribution in [0.2, 0.25) is 0 Å². The van der Waals surface area contributed by atoms with Crippen molar-refractivity contribution in [1.82, 2.24) is 0 Å². The molecule has 0 atom stereocenters. The van der Waals surface area contributed by atoms with E-state index < -0.39 is 9.84 Å². The van der Waals surface area contributed by atoms with Crippen LogP contribution < -0.4 is 15.4 Å². The van der Waals surface area contributed by atoms with Crippen molar-refractivity contribution in [1.29, 1.82) is 0 Å². The van der Waals surface area contributed by atoms with Crippen molar-refractivity contribution >= 4 is 9.84 Å². The standard InChI is InChI=1S/C10H15NO5S/c1-14-8-4-7(6-16-11)10(17(3,12)13)5-9(8)15-2/h4-5H,6,11H2,1-3H3. The molecular weight excluding hydrogens is 246 g/mol. The summed E-state index contributed by atoms with van der Waals surface area (Å²) in [5, 5.41) is 0. The smallest absolute Gasteiger partial charge is 0.176 e. The van der Waals surface area contributed by atoms with E-state index in [4.69, 9.17) is 15.4 Å². The van der Waals surface area contributed by atoms with Crippen LogP contribution in [0.1, 0.15) is 5.56 Å². The van der Waals surface area contributed by atoms with Crippen LogP contribution in [0.25, 0.3) is 0 Å². The summed E-state index contributed by atoms with van der Waals surface area (Å²) < 4.78 is 33.3. The average Bonchev–Trinajstić information content (AvgIpc) is 2.27. The zero-order chi connectivity index (χ0) is 13.1. The number of benzene rings is 1. The van der Waals surface area contributed by atoms with E-state index in [-0.39, 0.29) is 11.5 Å². The van der Waals surface area contributed by atoms with Crippen molar-refractivity contribution in [3.8, 4) is 11.5 Å². The Morgan fingerprint density at radius 2 is 1.71 bits per heavy atom. The van der Waals surface area contributed by atoms with Crippen molar-refractivity contribution < 1.29 is 22.7 Å². The molecule has 0 aliphatic rings. The van der Waals surface area contributed by atoms with E-state index in [1.165, 1.54) is 26.4 Å². The molecule has 0 heterocycles. The number of methoxy groups -OCH3 is 2. The maximum absolute atomic E-state index is 11.6. The molecule has 0 amide bonds. The molecule has 0 aromatic heterocycles. The van der Waals surface area contributed by atoms with Gasteiger partial charge in [0.2, 0.25) is 0 Å². The van der Waals surface area contributed by atoms with Gasteiger partial charge >= 0.3 is 0 Å². The second kappa shape index (κ2) is 5.35. The molecule has 0 unspecified atom stereocenters. The Morgan fingerprint density at radius 1 is 1.18 bits per heavy atom. The monoisotopic (exact) mass is 261 g/mol. The number of hydrogen-bond donors (Lipinski definition) is 1. The van der Waals surface area contributed by atoms with E-state index in [0.29, 0.717) is 17.1 Å². The molecule has 0 bridgehead atoms. The molecule has 7 heteroatoms. The number of ether oxygens (including phenoxy) is 2. The van der Waals surface area contributed by atoms with Crippen molar-refractivity contribution in [2.75, 3.05) is 20.5 Å².